The van der Waals surface area contributed by atoms with Gasteiger partial charge in [0, 0.05) is 24.8 Å². The molecule has 2 atom stereocenters. The Bertz CT molecular complexity index is 409. The molecule has 1 aromatic rings. The number of hydrogen-bond donors (Lipinski definition) is 1. The van der Waals surface area contributed by atoms with Crippen LogP contribution in [0.1, 0.15) is 25.7 Å². The summed E-state index contributed by atoms with van der Waals surface area (Å²) < 4.78 is 0. The fourth-order valence-corrected chi connectivity index (χ4v) is 3.64. The zero-order valence-corrected chi connectivity index (χ0v) is 11.5. The van der Waals surface area contributed by atoms with Crippen LogP contribution in [-0.4, -0.2) is 35.6 Å². The molecule has 0 saturated carbocycles. The minimum Gasteiger partial charge on any atom is -0.369 e. The Hall–Kier alpha value is -0.800. The monoisotopic (exact) mass is 265 g/mol. The minimum atomic E-state index is 0.716. The van der Waals surface area contributed by atoms with E-state index < -0.39 is 0 Å². The van der Waals surface area contributed by atoms with E-state index in [1.807, 2.05) is 12.1 Å². The molecule has 0 amide bonds. The Kier molecular flexibility index (Phi) is 3.44. The van der Waals surface area contributed by atoms with Crippen LogP contribution < -0.4 is 5.32 Å². The van der Waals surface area contributed by atoms with Gasteiger partial charge in [-0.05, 0) is 50.8 Å². The van der Waals surface area contributed by atoms with Crippen molar-refractivity contribution in [1.29, 1.82) is 0 Å². The molecule has 2 saturated heterocycles. The molecule has 0 aromatic carbocycles. The third-order valence-electron chi connectivity index (χ3n) is 4.51. The smallest absolute Gasteiger partial charge is 0.144 e. The van der Waals surface area contributed by atoms with Crippen LogP contribution in [0.15, 0.2) is 18.3 Å². The van der Waals surface area contributed by atoms with Gasteiger partial charge in [0.1, 0.15) is 5.82 Å². The summed E-state index contributed by atoms with van der Waals surface area (Å²) in [5.41, 5.74) is 0. The molecule has 0 aliphatic carbocycles. The predicted molar refractivity (Wildman–Crippen MR) is 75.0 cm³/mol. The first-order valence-corrected chi connectivity index (χ1v) is 7.18. The number of pyridine rings is 1. The maximum absolute atomic E-state index is 6.10. The molecule has 0 radical (unpaired) electrons. The van der Waals surface area contributed by atoms with Crippen molar-refractivity contribution in [1.82, 2.24) is 9.88 Å². The van der Waals surface area contributed by atoms with Crippen molar-refractivity contribution in [3.05, 3.63) is 23.4 Å². The van der Waals surface area contributed by atoms with Gasteiger partial charge in [0.05, 0.1) is 5.02 Å². The average Bonchev–Trinajstić information content (AvgIpc) is 2.62. The van der Waals surface area contributed by atoms with Crippen LogP contribution in [0.2, 0.25) is 5.02 Å². The SMILES string of the molecule is CN1C2CCC1CC(CNc1ncccc1Cl)C2. The van der Waals surface area contributed by atoms with Crippen molar-refractivity contribution >= 4 is 17.4 Å². The van der Waals surface area contributed by atoms with E-state index in [4.69, 9.17) is 11.6 Å². The first kappa shape index (κ1) is 12.2. The molecule has 1 aromatic heterocycles. The van der Waals surface area contributed by atoms with E-state index in [9.17, 15) is 0 Å². The van der Waals surface area contributed by atoms with E-state index in [1.54, 1.807) is 6.20 Å². The molecule has 2 unspecified atom stereocenters. The van der Waals surface area contributed by atoms with Crippen molar-refractivity contribution in [3.8, 4) is 0 Å². The lowest BCUT2D eigenvalue weighted by molar-refractivity contribution is 0.139. The van der Waals surface area contributed by atoms with Crippen LogP contribution in [0.25, 0.3) is 0 Å². The van der Waals surface area contributed by atoms with Gasteiger partial charge in [-0.15, -0.1) is 0 Å². The molecule has 98 valence electrons. The standard InChI is InChI=1S/C14H20ClN3/c1-18-11-4-5-12(18)8-10(7-11)9-17-14-13(15)3-2-6-16-14/h2-3,6,10-12H,4-5,7-9H2,1H3,(H,16,17). The molecule has 2 fully saturated rings. The number of nitrogens with one attached hydrogen (secondary N) is 1. The topological polar surface area (TPSA) is 28.2 Å². The number of fused-ring (bicyclic) bond motifs is 2. The fraction of sp³-hybridized carbons (Fsp3) is 0.643. The molecule has 4 heteroatoms. The molecule has 3 heterocycles. The maximum Gasteiger partial charge on any atom is 0.144 e. The summed E-state index contributed by atoms with van der Waals surface area (Å²) >= 11 is 6.10. The second kappa shape index (κ2) is 5.06. The Balaban J connectivity index is 1.57. The molecule has 1 N–H and O–H groups in total. The van der Waals surface area contributed by atoms with Gasteiger partial charge < -0.3 is 10.2 Å². The first-order valence-electron chi connectivity index (χ1n) is 6.80. The zero-order valence-electron chi connectivity index (χ0n) is 10.8. The van der Waals surface area contributed by atoms with Gasteiger partial charge >= 0.3 is 0 Å². The third-order valence-corrected chi connectivity index (χ3v) is 4.82. The summed E-state index contributed by atoms with van der Waals surface area (Å²) in [6.07, 6.45) is 7.16. The lowest BCUT2D eigenvalue weighted by Crippen LogP contribution is -2.41. The number of rotatable bonds is 3. The summed E-state index contributed by atoms with van der Waals surface area (Å²) in [5.74, 6) is 1.59. The zero-order chi connectivity index (χ0) is 12.5. The number of aromatic nitrogens is 1. The van der Waals surface area contributed by atoms with Gasteiger partial charge in [-0.25, -0.2) is 4.98 Å². The normalized spacial score (nSPS) is 31.6. The van der Waals surface area contributed by atoms with Crippen LogP contribution in [-0.2, 0) is 0 Å². The second-order valence-corrected chi connectivity index (χ2v) is 6.01. The van der Waals surface area contributed by atoms with Crippen molar-refractivity contribution in [2.45, 2.75) is 37.8 Å². The Morgan fingerprint density at radius 3 is 2.78 bits per heavy atom. The molecule has 3 rings (SSSR count). The van der Waals surface area contributed by atoms with Gasteiger partial charge in [0.25, 0.3) is 0 Å². The second-order valence-electron chi connectivity index (χ2n) is 5.60. The lowest BCUT2D eigenvalue weighted by atomic mass is 9.91. The van der Waals surface area contributed by atoms with Crippen molar-refractivity contribution in [2.75, 3.05) is 18.9 Å². The van der Waals surface area contributed by atoms with Gasteiger partial charge in [0.15, 0.2) is 0 Å². The van der Waals surface area contributed by atoms with E-state index in [-0.39, 0.29) is 0 Å². The lowest BCUT2D eigenvalue weighted by Gasteiger charge is -2.36. The average molecular weight is 266 g/mol. The summed E-state index contributed by atoms with van der Waals surface area (Å²) in [4.78, 5) is 6.85. The largest absolute Gasteiger partial charge is 0.369 e. The van der Waals surface area contributed by atoms with Crippen LogP contribution in [0, 0.1) is 5.92 Å². The van der Waals surface area contributed by atoms with Crippen molar-refractivity contribution in [2.24, 2.45) is 5.92 Å². The number of halogens is 1. The van der Waals surface area contributed by atoms with Crippen LogP contribution in [0.4, 0.5) is 5.82 Å². The van der Waals surface area contributed by atoms with Gasteiger partial charge in [-0.1, -0.05) is 11.6 Å². The first-order chi connectivity index (χ1) is 8.74. The number of nitrogens with zero attached hydrogens (tertiary/aromatic N) is 2. The highest BCUT2D eigenvalue weighted by molar-refractivity contribution is 6.32. The van der Waals surface area contributed by atoms with Crippen LogP contribution >= 0.6 is 11.6 Å². The third kappa shape index (κ3) is 2.34. The van der Waals surface area contributed by atoms with Gasteiger partial charge in [0.2, 0.25) is 0 Å². The van der Waals surface area contributed by atoms with E-state index in [0.717, 1.165) is 30.4 Å². The molecule has 0 spiro atoms. The van der Waals surface area contributed by atoms with E-state index in [2.05, 4.69) is 22.2 Å². The number of anilines is 1. The van der Waals surface area contributed by atoms with E-state index >= 15 is 0 Å². The summed E-state index contributed by atoms with van der Waals surface area (Å²) in [6, 6.07) is 5.35. The Morgan fingerprint density at radius 1 is 1.39 bits per heavy atom. The summed E-state index contributed by atoms with van der Waals surface area (Å²) in [5, 5.41) is 4.12. The highest BCUT2D eigenvalue weighted by atomic mass is 35.5. The number of piperidine rings is 1. The Labute approximate surface area is 114 Å². The van der Waals surface area contributed by atoms with Crippen molar-refractivity contribution < 1.29 is 0 Å². The van der Waals surface area contributed by atoms with Gasteiger partial charge in [-0.3, -0.25) is 0 Å². The number of hydrogen-bond acceptors (Lipinski definition) is 3. The highest BCUT2D eigenvalue weighted by Gasteiger charge is 2.38. The Morgan fingerprint density at radius 2 is 2.11 bits per heavy atom. The predicted octanol–water partition coefficient (Wildman–Crippen LogP) is 3.02. The summed E-state index contributed by atoms with van der Waals surface area (Å²) in [7, 11) is 2.28. The molecule has 2 aliphatic heterocycles. The molecule has 3 nitrogen and oxygen atoms in total. The van der Waals surface area contributed by atoms with Crippen LogP contribution in [0.5, 0.6) is 0 Å². The molecule has 18 heavy (non-hydrogen) atoms. The fourth-order valence-electron chi connectivity index (χ4n) is 3.45. The van der Waals surface area contributed by atoms with E-state index in [0.29, 0.717) is 5.02 Å². The highest BCUT2D eigenvalue weighted by Crippen LogP contribution is 2.37. The van der Waals surface area contributed by atoms with E-state index in [1.165, 1.54) is 25.7 Å². The quantitative estimate of drug-likeness (QED) is 0.911. The van der Waals surface area contributed by atoms with Gasteiger partial charge in [-0.2, -0.15) is 0 Å². The van der Waals surface area contributed by atoms with Crippen molar-refractivity contribution in [3.63, 3.8) is 0 Å². The summed E-state index contributed by atoms with van der Waals surface area (Å²) in [6.45, 7) is 0.998. The van der Waals surface area contributed by atoms with Crippen LogP contribution in [0.3, 0.4) is 0 Å². The minimum absolute atomic E-state index is 0.716. The maximum atomic E-state index is 6.10. The molecular weight excluding hydrogens is 246 g/mol. The molecule has 2 aliphatic rings. The molecule has 2 bridgehead atoms. The molecular formula is C14H20ClN3.